The SMILES string of the molecule is CNC1CN(c2cc(CC(=O)O)ncn2)CCO1. The van der Waals surface area contributed by atoms with Crippen LogP contribution in [0.25, 0.3) is 0 Å². The van der Waals surface area contributed by atoms with Gasteiger partial charge in [0.05, 0.1) is 25.3 Å². The molecule has 2 heterocycles. The first kappa shape index (κ1) is 12.7. The van der Waals surface area contributed by atoms with Gasteiger partial charge in [0, 0.05) is 12.6 Å². The van der Waals surface area contributed by atoms with E-state index in [1.54, 1.807) is 6.07 Å². The van der Waals surface area contributed by atoms with E-state index in [1.165, 1.54) is 6.33 Å². The van der Waals surface area contributed by atoms with Crippen LogP contribution in [0.2, 0.25) is 0 Å². The number of nitrogens with one attached hydrogen (secondary N) is 1. The van der Waals surface area contributed by atoms with Crippen LogP contribution in [0, 0.1) is 0 Å². The van der Waals surface area contributed by atoms with Crippen molar-refractivity contribution in [2.24, 2.45) is 0 Å². The van der Waals surface area contributed by atoms with Crippen LogP contribution in [0.4, 0.5) is 5.82 Å². The summed E-state index contributed by atoms with van der Waals surface area (Å²) >= 11 is 0. The molecule has 7 nitrogen and oxygen atoms in total. The van der Waals surface area contributed by atoms with E-state index in [-0.39, 0.29) is 12.6 Å². The highest BCUT2D eigenvalue weighted by Crippen LogP contribution is 2.14. The number of aromatic nitrogens is 2. The van der Waals surface area contributed by atoms with Crippen molar-refractivity contribution in [3.63, 3.8) is 0 Å². The summed E-state index contributed by atoms with van der Waals surface area (Å²) in [7, 11) is 1.84. The molecule has 7 heteroatoms. The molecular weight excluding hydrogens is 236 g/mol. The number of rotatable bonds is 4. The Morgan fingerprint density at radius 3 is 3.22 bits per heavy atom. The highest BCUT2D eigenvalue weighted by Gasteiger charge is 2.20. The Morgan fingerprint density at radius 2 is 2.50 bits per heavy atom. The third kappa shape index (κ3) is 3.14. The second-order valence-electron chi connectivity index (χ2n) is 4.03. The molecule has 0 spiro atoms. The normalized spacial score (nSPS) is 19.8. The van der Waals surface area contributed by atoms with Crippen molar-refractivity contribution in [3.8, 4) is 0 Å². The number of likely N-dealkylation sites (N-methyl/N-ethyl adjacent to an activating group) is 1. The molecule has 0 aromatic carbocycles. The second-order valence-corrected chi connectivity index (χ2v) is 4.03. The summed E-state index contributed by atoms with van der Waals surface area (Å²) in [5.74, 6) is -0.153. The maximum absolute atomic E-state index is 10.7. The zero-order valence-corrected chi connectivity index (χ0v) is 10.2. The predicted molar refractivity (Wildman–Crippen MR) is 64.4 cm³/mol. The van der Waals surface area contributed by atoms with Gasteiger partial charge in [-0.25, -0.2) is 9.97 Å². The van der Waals surface area contributed by atoms with E-state index in [0.717, 1.165) is 12.4 Å². The van der Waals surface area contributed by atoms with Gasteiger partial charge in [-0.1, -0.05) is 0 Å². The minimum atomic E-state index is -0.894. The maximum atomic E-state index is 10.7. The number of aliphatic carboxylic acids is 1. The zero-order valence-electron chi connectivity index (χ0n) is 10.2. The maximum Gasteiger partial charge on any atom is 0.309 e. The molecule has 0 aliphatic carbocycles. The smallest absolute Gasteiger partial charge is 0.309 e. The van der Waals surface area contributed by atoms with Crippen molar-refractivity contribution < 1.29 is 14.6 Å². The molecule has 1 aliphatic rings. The van der Waals surface area contributed by atoms with E-state index in [4.69, 9.17) is 9.84 Å². The topological polar surface area (TPSA) is 87.6 Å². The summed E-state index contributed by atoms with van der Waals surface area (Å²) in [6.45, 7) is 2.03. The van der Waals surface area contributed by atoms with Crippen LogP contribution in [0.15, 0.2) is 12.4 Å². The summed E-state index contributed by atoms with van der Waals surface area (Å²) < 4.78 is 5.48. The molecule has 1 fully saturated rings. The molecule has 2 N–H and O–H groups in total. The average Bonchev–Trinajstić information content (AvgIpc) is 2.38. The third-order valence-electron chi connectivity index (χ3n) is 2.75. The molecule has 98 valence electrons. The molecule has 0 saturated carbocycles. The second kappa shape index (κ2) is 5.74. The van der Waals surface area contributed by atoms with E-state index < -0.39 is 5.97 Å². The number of carbonyl (C=O) groups is 1. The highest BCUT2D eigenvalue weighted by atomic mass is 16.5. The van der Waals surface area contributed by atoms with Gasteiger partial charge in [0.2, 0.25) is 0 Å². The Balaban J connectivity index is 2.09. The monoisotopic (exact) mass is 252 g/mol. The number of nitrogens with zero attached hydrogens (tertiary/aromatic N) is 3. The van der Waals surface area contributed by atoms with Crippen LogP contribution in [0.5, 0.6) is 0 Å². The quantitative estimate of drug-likeness (QED) is 0.746. The lowest BCUT2D eigenvalue weighted by Gasteiger charge is -2.33. The predicted octanol–water partition coefficient (Wildman–Crippen LogP) is -0.514. The van der Waals surface area contributed by atoms with Crippen molar-refractivity contribution in [1.29, 1.82) is 0 Å². The van der Waals surface area contributed by atoms with Gasteiger partial charge in [0.1, 0.15) is 18.4 Å². The Kier molecular flexibility index (Phi) is 4.06. The Hall–Kier alpha value is -1.73. The summed E-state index contributed by atoms with van der Waals surface area (Å²) in [6.07, 6.45) is 1.28. The van der Waals surface area contributed by atoms with E-state index in [2.05, 4.69) is 20.2 Å². The van der Waals surface area contributed by atoms with Crippen molar-refractivity contribution >= 4 is 11.8 Å². The number of anilines is 1. The van der Waals surface area contributed by atoms with Gasteiger partial charge in [-0.15, -0.1) is 0 Å². The fraction of sp³-hybridized carbons (Fsp3) is 0.545. The van der Waals surface area contributed by atoms with Crippen LogP contribution in [0.3, 0.4) is 0 Å². The molecule has 1 unspecified atom stereocenters. The first-order chi connectivity index (χ1) is 8.69. The number of hydrogen-bond acceptors (Lipinski definition) is 6. The molecule has 1 aliphatic heterocycles. The van der Waals surface area contributed by atoms with Crippen molar-refractivity contribution in [2.75, 3.05) is 31.6 Å². The summed E-state index contributed by atoms with van der Waals surface area (Å²) in [5.41, 5.74) is 0.514. The number of morpholine rings is 1. The van der Waals surface area contributed by atoms with Crippen LogP contribution >= 0.6 is 0 Å². The Labute approximate surface area is 105 Å². The van der Waals surface area contributed by atoms with Crippen molar-refractivity contribution in [2.45, 2.75) is 12.6 Å². The van der Waals surface area contributed by atoms with E-state index in [1.807, 2.05) is 7.05 Å². The van der Waals surface area contributed by atoms with Gasteiger partial charge in [-0.05, 0) is 7.05 Å². The number of hydrogen-bond donors (Lipinski definition) is 2. The molecule has 0 amide bonds. The van der Waals surface area contributed by atoms with Gasteiger partial charge in [-0.3, -0.25) is 10.1 Å². The molecule has 18 heavy (non-hydrogen) atoms. The lowest BCUT2D eigenvalue weighted by molar-refractivity contribution is -0.136. The molecule has 0 radical (unpaired) electrons. The molecular formula is C11H16N4O3. The minimum absolute atomic E-state index is 0.0309. The van der Waals surface area contributed by atoms with Gasteiger partial charge in [-0.2, -0.15) is 0 Å². The largest absolute Gasteiger partial charge is 0.481 e. The van der Waals surface area contributed by atoms with E-state index in [9.17, 15) is 4.79 Å². The third-order valence-corrected chi connectivity index (χ3v) is 2.75. The number of ether oxygens (including phenoxy) is 1. The molecule has 1 aromatic rings. The van der Waals surface area contributed by atoms with E-state index in [0.29, 0.717) is 18.8 Å². The van der Waals surface area contributed by atoms with Gasteiger partial charge < -0.3 is 14.7 Å². The van der Waals surface area contributed by atoms with Crippen LogP contribution in [-0.4, -0.2) is 54.0 Å². The highest BCUT2D eigenvalue weighted by molar-refractivity contribution is 5.69. The van der Waals surface area contributed by atoms with Gasteiger partial charge >= 0.3 is 5.97 Å². The lowest BCUT2D eigenvalue weighted by atomic mass is 10.2. The van der Waals surface area contributed by atoms with Crippen molar-refractivity contribution in [3.05, 3.63) is 18.1 Å². The number of carboxylic acids is 1. The minimum Gasteiger partial charge on any atom is -0.481 e. The molecule has 1 saturated heterocycles. The standard InChI is InChI=1S/C11H16N4O3/c1-12-10-6-15(2-3-18-10)9-4-8(5-11(16)17)13-7-14-9/h4,7,10,12H,2-3,5-6H2,1H3,(H,16,17). The van der Waals surface area contributed by atoms with Crippen molar-refractivity contribution in [1.82, 2.24) is 15.3 Å². The summed E-state index contributed by atoms with van der Waals surface area (Å²) in [6, 6.07) is 1.71. The van der Waals surface area contributed by atoms with Crippen LogP contribution in [-0.2, 0) is 16.0 Å². The fourth-order valence-electron chi connectivity index (χ4n) is 1.84. The molecule has 0 bridgehead atoms. The zero-order chi connectivity index (χ0) is 13.0. The van der Waals surface area contributed by atoms with Gasteiger partial charge in [0.15, 0.2) is 0 Å². The van der Waals surface area contributed by atoms with Crippen LogP contribution < -0.4 is 10.2 Å². The van der Waals surface area contributed by atoms with E-state index >= 15 is 0 Å². The summed E-state index contributed by atoms with van der Waals surface area (Å²) in [5, 5.41) is 11.8. The molecule has 2 rings (SSSR count). The van der Waals surface area contributed by atoms with Gasteiger partial charge in [0.25, 0.3) is 0 Å². The first-order valence-corrected chi connectivity index (χ1v) is 5.75. The Bertz CT molecular complexity index is 427. The lowest BCUT2D eigenvalue weighted by Crippen LogP contribution is -2.48. The average molecular weight is 252 g/mol. The Morgan fingerprint density at radius 1 is 1.67 bits per heavy atom. The molecule has 1 aromatic heterocycles. The molecule has 1 atom stereocenters. The first-order valence-electron chi connectivity index (χ1n) is 5.75. The number of carboxylic acid groups (broad SMARTS) is 1. The fourth-order valence-corrected chi connectivity index (χ4v) is 1.84. The summed E-state index contributed by atoms with van der Waals surface area (Å²) in [4.78, 5) is 20.8. The van der Waals surface area contributed by atoms with Crippen LogP contribution in [0.1, 0.15) is 5.69 Å².